The zero-order valence-electron chi connectivity index (χ0n) is 11.1. The van der Waals surface area contributed by atoms with Gasteiger partial charge in [-0.15, -0.1) is 0 Å². The smallest absolute Gasteiger partial charge is 0.128 e. The number of rotatable bonds is 2. The summed E-state index contributed by atoms with van der Waals surface area (Å²) in [7, 11) is 0. The van der Waals surface area contributed by atoms with Crippen molar-refractivity contribution in [3.63, 3.8) is 0 Å². The van der Waals surface area contributed by atoms with Gasteiger partial charge in [0.05, 0.1) is 5.02 Å². The van der Waals surface area contributed by atoms with Gasteiger partial charge in [0.15, 0.2) is 0 Å². The van der Waals surface area contributed by atoms with Gasteiger partial charge in [-0.3, -0.25) is 0 Å². The molecule has 0 N–H and O–H groups in total. The van der Waals surface area contributed by atoms with Gasteiger partial charge in [0.25, 0.3) is 0 Å². The first-order chi connectivity index (χ1) is 8.83. The second-order valence-electron chi connectivity index (χ2n) is 6.03. The van der Waals surface area contributed by atoms with Crippen molar-refractivity contribution in [2.24, 2.45) is 11.3 Å². The fraction of sp³-hybridized carbons (Fsp3) is 0.600. The van der Waals surface area contributed by atoms with Crippen LogP contribution < -0.4 is 0 Å². The zero-order valence-corrected chi connectivity index (χ0v) is 15.1. The molecule has 0 spiro atoms. The van der Waals surface area contributed by atoms with Crippen molar-refractivity contribution in [2.75, 3.05) is 0 Å². The highest BCUT2D eigenvalue weighted by atomic mass is 79.9. The summed E-state index contributed by atoms with van der Waals surface area (Å²) in [6.07, 6.45) is 4.83. The molecule has 0 radical (unpaired) electrons. The average molecular weight is 413 g/mol. The third-order valence-electron chi connectivity index (χ3n) is 4.28. The van der Waals surface area contributed by atoms with Crippen molar-refractivity contribution < 1.29 is 4.39 Å². The van der Waals surface area contributed by atoms with Crippen LogP contribution in [0.1, 0.15) is 49.9 Å². The van der Waals surface area contributed by atoms with E-state index in [9.17, 15) is 4.39 Å². The molecular formula is C15H18Br2ClF. The minimum Gasteiger partial charge on any atom is -0.207 e. The van der Waals surface area contributed by atoms with E-state index in [4.69, 9.17) is 11.6 Å². The Labute approximate surface area is 136 Å². The Kier molecular flexibility index (Phi) is 5.01. The molecule has 2 atom stereocenters. The first-order valence-corrected chi connectivity index (χ1v) is 8.70. The van der Waals surface area contributed by atoms with Gasteiger partial charge in [-0.25, -0.2) is 4.39 Å². The van der Waals surface area contributed by atoms with E-state index in [0.29, 0.717) is 21.0 Å². The molecule has 0 heterocycles. The molecule has 1 aliphatic carbocycles. The minimum atomic E-state index is -0.195. The molecule has 0 saturated heterocycles. The van der Waals surface area contributed by atoms with Crippen molar-refractivity contribution >= 4 is 43.5 Å². The molecule has 0 aliphatic heterocycles. The van der Waals surface area contributed by atoms with Gasteiger partial charge >= 0.3 is 0 Å². The van der Waals surface area contributed by atoms with E-state index in [0.717, 1.165) is 6.42 Å². The summed E-state index contributed by atoms with van der Waals surface area (Å²) in [5.41, 5.74) is 0.909. The van der Waals surface area contributed by atoms with Crippen LogP contribution in [0.15, 0.2) is 16.6 Å². The topological polar surface area (TPSA) is 0 Å². The average Bonchev–Trinajstić information content (AvgIpc) is 2.32. The number of hydrogen-bond acceptors (Lipinski definition) is 0. The molecule has 1 fully saturated rings. The number of benzene rings is 1. The summed E-state index contributed by atoms with van der Waals surface area (Å²) in [5, 5.41) is 0.564. The van der Waals surface area contributed by atoms with Crippen molar-refractivity contribution in [3.05, 3.63) is 33.0 Å². The van der Waals surface area contributed by atoms with Crippen molar-refractivity contribution in [1.82, 2.24) is 0 Å². The van der Waals surface area contributed by atoms with Crippen LogP contribution in [-0.2, 0) is 0 Å². The van der Waals surface area contributed by atoms with Crippen LogP contribution >= 0.6 is 43.5 Å². The van der Waals surface area contributed by atoms with Gasteiger partial charge in [-0.2, -0.15) is 0 Å². The Hall–Kier alpha value is 0.400. The largest absolute Gasteiger partial charge is 0.207 e. The molecule has 1 aromatic carbocycles. The van der Waals surface area contributed by atoms with Crippen LogP contribution in [0.25, 0.3) is 0 Å². The molecule has 19 heavy (non-hydrogen) atoms. The van der Waals surface area contributed by atoms with Gasteiger partial charge in [-0.1, -0.05) is 54.2 Å². The maximum atomic E-state index is 14.2. The first-order valence-electron chi connectivity index (χ1n) is 6.61. The number of hydrogen-bond donors (Lipinski definition) is 0. The maximum Gasteiger partial charge on any atom is 0.128 e. The summed E-state index contributed by atoms with van der Waals surface area (Å²) < 4.78 is 14.8. The lowest BCUT2D eigenvalue weighted by Crippen LogP contribution is -2.31. The molecule has 2 rings (SSSR count). The lowest BCUT2D eigenvalue weighted by molar-refractivity contribution is 0.136. The molecule has 4 heteroatoms. The highest BCUT2D eigenvalue weighted by Gasteiger charge is 2.38. The van der Waals surface area contributed by atoms with Gasteiger partial charge < -0.3 is 0 Å². The highest BCUT2D eigenvalue weighted by molar-refractivity contribution is 9.10. The zero-order chi connectivity index (χ0) is 14.2. The van der Waals surface area contributed by atoms with Crippen LogP contribution in [0.3, 0.4) is 0 Å². The summed E-state index contributed by atoms with van der Waals surface area (Å²) in [4.78, 5) is 0.0217. The predicted molar refractivity (Wildman–Crippen MR) is 86.5 cm³/mol. The van der Waals surface area contributed by atoms with Crippen LogP contribution in [0.4, 0.5) is 4.39 Å². The summed E-state index contributed by atoms with van der Waals surface area (Å²) >= 11 is 13.1. The Morgan fingerprint density at radius 2 is 2.05 bits per heavy atom. The number of alkyl halides is 1. The quantitative estimate of drug-likeness (QED) is 0.366. The van der Waals surface area contributed by atoms with Gasteiger partial charge in [0.1, 0.15) is 5.82 Å². The molecule has 0 amide bonds. The van der Waals surface area contributed by atoms with E-state index >= 15 is 0 Å². The molecule has 0 aromatic heterocycles. The van der Waals surface area contributed by atoms with Gasteiger partial charge in [-0.05, 0) is 52.2 Å². The highest BCUT2D eigenvalue weighted by Crippen LogP contribution is 2.51. The second-order valence-corrected chi connectivity index (χ2v) is 8.28. The normalized spacial score (nSPS) is 24.2. The maximum absolute atomic E-state index is 14.2. The molecule has 106 valence electrons. The standard InChI is InChI=1S/C15H18Br2ClF/c1-15(2)6-4-3-5-10(15)14(17)9-7-12(18)11(16)8-13(9)19/h7-8,10,14H,3-6H2,1-2H3. The number of halogens is 4. The first kappa shape index (κ1) is 15.8. The van der Waals surface area contributed by atoms with E-state index in [-0.39, 0.29) is 16.1 Å². The lowest BCUT2D eigenvalue weighted by atomic mass is 9.67. The summed E-state index contributed by atoms with van der Waals surface area (Å²) in [5.74, 6) is 0.243. The molecular weight excluding hydrogens is 394 g/mol. The molecule has 1 aromatic rings. The van der Waals surface area contributed by atoms with Gasteiger partial charge in [0, 0.05) is 14.9 Å². The molecule has 0 bridgehead atoms. The SMILES string of the molecule is CC1(C)CCCCC1C(Br)c1cc(Cl)c(Br)cc1F. The van der Waals surface area contributed by atoms with Crippen molar-refractivity contribution in [3.8, 4) is 0 Å². The predicted octanol–water partition coefficient (Wildman–Crippen LogP) is 6.89. The Morgan fingerprint density at radius 3 is 2.68 bits per heavy atom. The second kappa shape index (κ2) is 6.03. The van der Waals surface area contributed by atoms with Crippen molar-refractivity contribution in [1.29, 1.82) is 0 Å². The molecule has 1 aliphatic rings. The fourth-order valence-electron chi connectivity index (χ4n) is 3.03. The van der Waals surface area contributed by atoms with Crippen molar-refractivity contribution in [2.45, 2.75) is 44.4 Å². The Bertz CT molecular complexity index is 473. The Morgan fingerprint density at radius 1 is 1.37 bits per heavy atom. The Balaban J connectivity index is 2.33. The van der Waals surface area contributed by atoms with Crippen LogP contribution in [0.2, 0.25) is 5.02 Å². The van der Waals surface area contributed by atoms with Crippen LogP contribution in [-0.4, -0.2) is 0 Å². The molecule has 2 unspecified atom stereocenters. The summed E-state index contributed by atoms with van der Waals surface area (Å²) in [6.45, 7) is 4.56. The third-order valence-corrected chi connectivity index (χ3v) is 6.61. The van der Waals surface area contributed by atoms with E-state index in [1.165, 1.54) is 25.3 Å². The molecule has 0 nitrogen and oxygen atoms in total. The summed E-state index contributed by atoms with van der Waals surface area (Å²) in [6, 6.07) is 3.20. The fourth-order valence-corrected chi connectivity index (χ4v) is 4.85. The van der Waals surface area contributed by atoms with E-state index in [2.05, 4.69) is 45.7 Å². The van der Waals surface area contributed by atoms with E-state index < -0.39 is 0 Å². The third kappa shape index (κ3) is 3.36. The lowest BCUT2D eigenvalue weighted by Gasteiger charge is -2.41. The van der Waals surface area contributed by atoms with E-state index in [1.807, 2.05) is 0 Å². The molecule has 1 saturated carbocycles. The monoisotopic (exact) mass is 410 g/mol. The van der Waals surface area contributed by atoms with Crippen LogP contribution in [0, 0.1) is 17.2 Å². The van der Waals surface area contributed by atoms with Gasteiger partial charge in [0.2, 0.25) is 0 Å². The minimum absolute atomic E-state index is 0.0217. The van der Waals surface area contributed by atoms with E-state index in [1.54, 1.807) is 6.07 Å². The van der Waals surface area contributed by atoms with Crippen LogP contribution in [0.5, 0.6) is 0 Å².